The minimum Gasteiger partial charge on any atom is -0.130 e. The highest BCUT2D eigenvalue weighted by Gasteiger charge is 2.23. The molecule has 0 saturated carbocycles. The number of hydrogen-bond acceptors (Lipinski definition) is 0. The quantitative estimate of drug-likeness (QED) is 0.0630. The van der Waals surface area contributed by atoms with Crippen molar-refractivity contribution in [2.45, 2.75) is 168 Å². The summed E-state index contributed by atoms with van der Waals surface area (Å²) in [4.78, 5) is 0. The average Bonchev–Trinajstić information content (AvgIpc) is 2.76. The second-order valence-corrected chi connectivity index (χ2v) is 25.0. The molecule has 0 rings (SSSR count). The van der Waals surface area contributed by atoms with Gasteiger partial charge < -0.3 is 0 Å². The first-order valence-corrected chi connectivity index (χ1v) is 24.7. The number of unbranched alkanes of at least 4 members (excludes halogenated alkanes) is 20. The minimum atomic E-state index is -2.35. The van der Waals surface area contributed by atoms with Crippen molar-refractivity contribution in [3.8, 4) is 0 Å². The fraction of sp³-hybridized carbons (Fsp3) is 1.00. The molecule has 0 aliphatic heterocycles. The Kier molecular flexibility index (Phi) is 42.1. The Morgan fingerprint density at radius 3 is 0.735 bits per heavy atom. The molecule has 0 fully saturated rings. The first-order valence-electron chi connectivity index (χ1n) is 14.2. The fourth-order valence-corrected chi connectivity index (χ4v) is 5.58. The number of hydrogen-bond donors (Lipinski definition) is 0. The molecule has 0 aliphatic rings. The molecule has 34 heavy (non-hydrogen) atoms. The van der Waals surface area contributed by atoms with Crippen molar-refractivity contribution in [2.24, 2.45) is 0 Å². The summed E-state index contributed by atoms with van der Waals surface area (Å²) in [6, 6.07) is -1.52. The van der Waals surface area contributed by atoms with Gasteiger partial charge in [-0.05, 0) is 6.04 Å². The Hall–Kier alpha value is 2.17. The Labute approximate surface area is 245 Å². The van der Waals surface area contributed by atoms with E-state index < -0.39 is 12.7 Å². The van der Waals surface area contributed by atoms with Crippen molar-refractivity contribution in [3.05, 3.63) is 0 Å². The van der Waals surface area contributed by atoms with Crippen LogP contribution in [0.1, 0.15) is 162 Å². The van der Waals surface area contributed by atoms with Gasteiger partial charge in [0.15, 0.2) is 0 Å². The molecule has 0 bridgehead atoms. The molecule has 0 aromatic heterocycles. The van der Waals surface area contributed by atoms with Crippen LogP contribution in [0.15, 0.2) is 0 Å². The Bertz CT molecular complexity index is 333. The summed E-state index contributed by atoms with van der Waals surface area (Å²) < 4.78 is 0. The third-order valence-corrected chi connectivity index (χ3v) is 8.39. The van der Waals surface area contributed by atoms with E-state index in [1.807, 2.05) is 0 Å². The van der Waals surface area contributed by atoms with Crippen LogP contribution in [0, 0.1) is 0 Å². The van der Waals surface area contributed by atoms with Crippen molar-refractivity contribution in [1.29, 1.82) is 0 Å². The number of halogens is 6. The van der Waals surface area contributed by atoms with E-state index in [1.165, 1.54) is 135 Å². The molecule has 0 atom stereocenters. The summed E-state index contributed by atoms with van der Waals surface area (Å²) in [5.41, 5.74) is 0. The van der Waals surface area contributed by atoms with Gasteiger partial charge in [0.05, 0.1) is 0 Å². The largest absolute Gasteiger partial charge is 0.341 e. The van der Waals surface area contributed by atoms with Crippen LogP contribution < -0.4 is 0 Å². The molecular formula is C26H56Cl6Si2. The Morgan fingerprint density at radius 2 is 0.559 bits per heavy atom. The molecule has 0 radical (unpaired) electrons. The molecule has 0 spiro atoms. The predicted molar refractivity (Wildman–Crippen MR) is 171 cm³/mol. The molecule has 0 saturated heterocycles. The molecule has 0 heterocycles. The second-order valence-electron chi connectivity index (χ2n) is 9.33. The maximum Gasteiger partial charge on any atom is 0.341 e. The topological polar surface area (TPSA) is 0 Å². The molecule has 0 unspecified atom stereocenters. The predicted octanol–water partition coefficient (Wildman–Crippen LogP) is 13.7. The lowest BCUT2D eigenvalue weighted by molar-refractivity contribution is 0.531. The van der Waals surface area contributed by atoms with Gasteiger partial charge in [-0.15, -0.1) is 66.5 Å². The maximum atomic E-state index is 5.87. The van der Waals surface area contributed by atoms with Gasteiger partial charge in [-0.25, -0.2) is 0 Å². The lowest BCUT2D eigenvalue weighted by Crippen LogP contribution is -2.07. The molecule has 0 aromatic rings. The summed E-state index contributed by atoms with van der Waals surface area (Å²) in [5, 5.41) is 0. The van der Waals surface area contributed by atoms with E-state index >= 15 is 0 Å². The van der Waals surface area contributed by atoms with Gasteiger partial charge in [-0.1, -0.05) is 162 Å². The van der Waals surface area contributed by atoms with Crippen LogP contribution in [0.25, 0.3) is 0 Å². The van der Waals surface area contributed by atoms with Crippen molar-refractivity contribution >= 4 is 79.2 Å². The van der Waals surface area contributed by atoms with Gasteiger partial charge >= 0.3 is 12.7 Å². The Balaban J connectivity index is -0.000000657. The first kappa shape index (κ1) is 40.7. The summed E-state index contributed by atoms with van der Waals surface area (Å²) >= 11 is 32.4. The lowest BCUT2D eigenvalue weighted by atomic mass is 10.0. The lowest BCUT2D eigenvalue weighted by Gasteiger charge is -2.07. The third-order valence-electron chi connectivity index (χ3n) is 5.77. The average molecular weight is 638 g/mol. The van der Waals surface area contributed by atoms with Gasteiger partial charge in [-0.3, -0.25) is 0 Å². The fourth-order valence-electron chi connectivity index (χ4n) is 3.73. The summed E-state index contributed by atoms with van der Waals surface area (Å²) in [5.74, 6) is 0. The van der Waals surface area contributed by atoms with E-state index in [2.05, 4.69) is 20.8 Å². The van der Waals surface area contributed by atoms with E-state index in [9.17, 15) is 0 Å². The van der Waals surface area contributed by atoms with Crippen molar-refractivity contribution in [1.82, 2.24) is 0 Å². The van der Waals surface area contributed by atoms with Gasteiger partial charge in [0.2, 0.25) is 0 Å². The SMILES string of the molecule is CCCCCCCC.CCCCCCCCCCCCCCCCCC[Si](Cl)(Cl)Cl.Cl[SiH](Cl)Cl. The van der Waals surface area contributed by atoms with Crippen LogP contribution in [0.3, 0.4) is 0 Å². The monoisotopic (exact) mass is 634 g/mol. The molecule has 0 aliphatic carbocycles. The van der Waals surface area contributed by atoms with Crippen molar-refractivity contribution in [2.75, 3.05) is 0 Å². The van der Waals surface area contributed by atoms with Gasteiger partial charge in [-0.2, -0.15) is 0 Å². The summed E-state index contributed by atoms with van der Waals surface area (Å²) in [6.45, 7) is 5.07. The molecular weight excluding hydrogens is 581 g/mol. The van der Waals surface area contributed by atoms with E-state index in [0.29, 0.717) is 0 Å². The highest BCUT2D eigenvalue weighted by Crippen LogP contribution is 2.27. The molecule has 0 N–H and O–H groups in total. The Morgan fingerprint density at radius 1 is 0.382 bits per heavy atom. The smallest absolute Gasteiger partial charge is 0.130 e. The van der Waals surface area contributed by atoms with Crippen molar-refractivity contribution in [3.63, 3.8) is 0 Å². The molecule has 0 nitrogen and oxygen atoms in total. The van der Waals surface area contributed by atoms with E-state index in [-0.39, 0.29) is 0 Å². The zero-order chi connectivity index (χ0) is 26.3. The normalized spacial score (nSPS) is 11.1. The standard InChI is InChI=1S/C18H37Cl3Si.C8H18.Cl3HSi/c1-2-3-4-5-6-7-8-9-10-11-12-13-14-15-16-17-18-22(19,20)21;1-3-5-7-8-6-4-2;1-4(2)3/h2-18H2,1H3;3-8H2,1-2H3;4H. The van der Waals surface area contributed by atoms with Crippen molar-refractivity contribution < 1.29 is 0 Å². The second kappa shape index (κ2) is 35.2. The first-order chi connectivity index (χ1) is 16.2. The van der Waals surface area contributed by atoms with Gasteiger partial charge in [0, 0.05) is 0 Å². The zero-order valence-electron chi connectivity index (χ0n) is 22.6. The van der Waals surface area contributed by atoms with Crippen LogP contribution in [-0.2, 0) is 0 Å². The van der Waals surface area contributed by atoms with Crippen LogP contribution in [-0.4, -0.2) is 12.7 Å². The van der Waals surface area contributed by atoms with Crippen LogP contribution in [0.5, 0.6) is 0 Å². The third kappa shape index (κ3) is 54.9. The zero-order valence-corrected chi connectivity index (χ0v) is 29.3. The molecule has 0 amide bonds. The highest BCUT2D eigenvalue weighted by molar-refractivity contribution is 7.64. The highest BCUT2D eigenvalue weighted by atomic mass is 35.8. The number of rotatable bonds is 22. The van der Waals surface area contributed by atoms with E-state index in [4.69, 9.17) is 66.5 Å². The molecule has 0 aromatic carbocycles. The summed E-state index contributed by atoms with van der Waals surface area (Å²) in [6.07, 6.45) is 30.6. The summed E-state index contributed by atoms with van der Waals surface area (Å²) in [7, 11) is 0. The maximum absolute atomic E-state index is 5.87. The van der Waals surface area contributed by atoms with Crippen LogP contribution in [0.4, 0.5) is 0 Å². The van der Waals surface area contributed by atoms with Crippen LogP contribution in [0.2, 0.25) is 6.04 Å². The van der Waals surface area contributed by atoms with E-state index in [0.717, 1.165) is 12.5 Å². The molecule has 210 valence electrons. The molecule has 8 heteroatoms. The van der Waals surface area contributed by atoms with Gasteiger partial charge in [0.1, 0.15) is 0 Å². The minimum absolute atomic E-state index is 0.829. The van der Waals surface area contributed by atoms with E-state index in [1.54, 1.807) is 0 Å². The van der Waals surface area contributed by atoms with Crippen LogP contribution >= 0.6 is 66.5 Å². The van der Waals surface area contributed by atoms with Gasteiger partial charge in [0.25, 0.3) is 0 Å².